The molecule has 0 saturated carbocycles. The lowest BCUT2D eigenvalue weighted by Crippen LogP contribution is -2.43. The van der Waals surface area contributed by atoms with Gasteiger partial charge in [-0.1, -0.05) is 32.6 Å². The Balaban J connectivity index is 3.68. The average Bonchev–Trinajstić information content (AvgIpc) is 2.23. The molecule has 3 atom stereocenters. The number of hydrogen-bond donors (Lipinski definition) is 2. The zero-order chi connectivity index (χ0) is 13.3. The molecular formula is C14H31NO2. The van der Waals surface area contributed by atoms with Crippen molar-refractivity contribution in [2.75, 3.05) is 6.61 Å². The summed E-state index contributed by atoms with van der Waals surface area (Å²) < 4.78 is 5.88. The second kappa shape index (κ2) is 8.90. The molecule has 104 valence electrons. The summed E-state index contributed by atoms with van der Waals surface area (Å²) in [5.74, 6) is 0. The largest absolute Gasteiger partial charge is 0.394 e. The first kappa shape index (κ1) is 16.9. The van der Waals surface area contributed by atoms with Crippen LogP contribution in [0, 0.1) is 0 Å². The maximum atomic E-state index is 9.10. The summed E-state index contributed by atoms with van der Waals surface area (Å²) in [7, 11) is 0. The first-order valence-corrected chi connectivity index (χ1v) is 6.96. The van der Waals surface area contributed by atoms with E-state index in [-0.39, 0.29) is 18.8 Å². The lowest BCUT2D eigenvalue weighted by atomic mass is 9.97. The van der Waals surface area contributed by atoms with Crippen molar-refractivity contribution in [3.05, 3.63) is 0 Å². The van der Waals surface area contributed by atoms with Crippen LogP contribution < -0.4 is 5.73 Å². The molecule has 0 radical (unpaired) electrons. The minimum Gasteiger partial charge on any atom is -0.394 e. The van der Waals surface area contributed by atoms with Crippen molar-refractivity contribution in [1.82, 2.24) is 0 Å². The van der Waals surface area contributed by atoms with Gasteiger partial charge in [-0.15, -0.1) is 0 Å². The molecule has 0 amide bonds. The van der Waals surface area contributed by atoms with Gasteiger partial charge in [-0.3, -0.25) is 0 Å². The third-order valence-electron chi connectivity index (χ3n) is 3.04. The molecule has 3 heteroatoms. The molecular weight excluding hydrogens is 214 g/mol. The Morgan fingerprint density at radius 3 is 2.35 bits per heavy atom. The second-order valence-corrected chi connectivity index (χ2v) is 5.62. The Labute approximate surface area is 107 Å². The van der Waals surface area contributed by atoms with E-state index in [4.69, 9.17) is 15.6 Å². The maximum Gasteiger partial charge on any atom is 0.0609 e. The summed E-state index contributed by atoms with van der Waals surface area (Å²) in [5.41, 5.74) is 5.38. The van der Waals surface area contributed by atoms with Crippen LogP contribution in [-0.2, 0) is 4.74 Å². The molecule has 3 unspecified atom stereocenters. The smallest absolute Gasteiger partial charge is 0.0609 e. The summed E-state index contributed by atoms with van der Waals surface area (Å²) in [5, 5.41) is 9.10. The molecule has 3 nitrogen and oxygen atoms in total. The molecule has 17 heavy (non-hydrogen) atoms. The third kappa shape index (κ3) is 9.57. The van der Waals surface area contributed by atoms with Crippen molar-refractivity contribution in [3.8, 4) is 0 Å². The Morgan fingerprint density at radius 2 is 1.82 bits per heavy atom. The molecule has 0 heterocycles. The van der Waals surface area contributed by atoms with Gasteiger partial charge in [0.25, 0.3) is 0 Å². The molecule has 0 aliphatic rings. The number of nitrogens with two attached hydrogens (primary N) is 1. The van der Waals surface area contributed by atoms with E-state index < -0.39 is 5.54 Å². The van der Waals surface area contributed by atoms with Crippen LogP contribution in [0.1, 0.15) is 66.2 Å². The molecule has 0 bridgehead atoms. The molecule has 0 fully saturated rings. The van der Waals surface area contributed by atoms with Gasteiger partial charge in [0.1, 0.15) is 0 Å². The van der Waals surface area contributed by atoms with Crippen LogP contribution >= 0.6 is 0 Å². The summed E-state index contributed by atoms with van der Waals surface area (Å²) >= 11 is 0. The van der Waals surface area contributed by atoms with Gasteiger partial charge in [-0.25, -0.2) is 0 Å². The lowest BCUT2D eigenvalue weighted by molar-refractivity contribution is -0.0155. The summed E-state index contributed by atoms with van der Waals surface area (Å²) in [4.78, 5) is 0. The third-order valence-corrected chi connectivity index (χ3v) is 3.04. The van der Waals surface area contributed by atoms with E-state index in [0.717, 1.165) is 6.42 Å². The number of aliphatic hydroxyl groups excluding tert-OH is 1. The molecule has 0 aliphatic carbocycles. The highest BCUT2D eigenvalue weighted by molar-refractivity contribution is 4.80. The van der Waals surface area contributed by atoms with Crippen molar-refractivity contribution in [3.63, 3.8) is 0 Å². The standard InChI is InChI=1S/C14H31NO2/c1-5-6-7-8-9-12(2)17-13(3)10-14(4,15)11-16/h12-13,16H,5-11,15H2,1-4H3. The second-order valence-electron chi connectivity index (χ2n) is 5.62. The number of ether oxygens (including phenoxy) is 1. The number of rotatable bonds is 10. The minimum absolute atomic E-state index is 0.00554. The van der Waals surface area contributed by atoms with Crippen molar-refractivity contribution in [2.24, 2.45) is 5.73 Å². The molecule has 0 aromatic rings. The quantitative estimate of drug-likeness (QED) is 0.582. The predicted molar refractivity (Wildman–Crippen MR) is 73.1 cm³/mol. The van der Waals surface area contributed by atoms with E-state index in [0.29, 0.717) is 6.42 Å². The van der Waals surface area contributed by atoms with Gasteiger partial charge >= 0.3 is 0 Å². The van der Waals surface area contributed by atoms with E-state index in [9.17, 15) is 0 Å². The normalized spacial score (nSPS) is 18.7. The van der Waals surface area contributed by atoms with Crippen LogP contribution in [0.2, 0.25) is 0 Å². The van der Waals surface area contributed by atoms with Crippen LogP contribution in [0.25, 0.3) is 0 Å². The van der Waals surface area contributed by atoms with Gasteiger partial charge in [0.05, 0.1) is 18.8 Å². The summed E-state index contributed by atoms with van der Waals surface area (Å²) in [6.07, 6.45) is 7.33. The zero-order valence-electron chi connectivity index (χ0n) is 12.0. The highest BCUT2D eigenvalue weighted by Crippen LogP contribution is 2.15. The highest BCUT2D eigenvalue weighted by atomic mass is 16.5. The number of hydrogen-bond acceptors (Lipinski definition) is 3. The molecule has 0 rings (SSSR count). The van der Waals surface area contributed by atoms with Crippen molar-refractivity contribution >= 4 is 0 Å². The molecule has 0 saturated heterocycles. The van der Waals surface area contributed by atoms with Crippen molar-refractivity contribution in [1.29, 1.82) is 0 Å². The van der Waals surface area contributed by atoms with E-state index in [2.05, 4.69) is 13.8 Å². The van der Waals surface area contributed by atoms with Gasteiger partial charge in [0.15, 0.2) is 0 Å². The molecule has 0 aromatic carbocycles. The number of aliphatic hydroxyl groups is 1. The van der Waals surface area contributed by atoms with E-state index in [1.165, 1.54) is 25.7 Å². The fraction of sp³-hybridized carbons (Fsp3) is 1.00. The fourth-order valence-electron chi connectivity index (χ4n) is 2.09. The first-order chi connectivity index (χ1) is 7.91. The Bertz CT molecular complexity index is 183. The minimum atomic E-state index is -0.526. The van der Waals surface area contributed by atoms with Crippen LogP contribution in [0.15, 0.2) is 0 Å². The van der Waals surface area contributed by atoms with Crippen LogP contribution in [0.4, 0.5) is 0 Å². The van der Waals surface area contributed by atoms with E-state index >= 15 is 0 Å². The zero-order valence-corrected chi connectivity index (χ0v) is 12.0. The van der Waals surface area contributed by atoms with Gasteiger partial charge < -0.3 is 15.6 Å². The highest BCUT2D eigenvalue weighted by Gasteiger charge is 2.22. The predicted octanol–water partition coefficient (Wildman–Crippen LogP) is 2.85. The fourth-order valence-corrected chi connectivity index (χ4v) is 2.09. The van der Waals surface area contributed by atoms with Gasteiger partial charge in [0.2, 0.25) is 0 Å². The van der Waals surface area contributed by atoms with E-state index in [1.807, 2.05) is 13.8 Å². The Kier molecular flexibility index (Phi) is 8.83. The van der Waals surface area contributed by atoms with Gasteiger partial charge in [0, 0.05) is 5.54 Å². The summed E-state index contributed by atoms with van der Waals surface area (Å²) in [6, 6.07) is 0. The van der Waals surface area contributed by atoms with Gasteiger partial charge in [-0.2, -0.15) is 0 Å². The lowest BCUT2D eigenvalue weighted by Gasteiger charge is -2.27. The average molecular weight is 245 g/mol. The maximum absolute atomic E-state index is 9.10. The summed E-state index contributed by atoms with van der Waals surface area (Å²) in [6.45, 7) is 8.24. The molecule has 0 aromatic heterocycles. The Morgan fingerprint density at radius 1 is 1.18 bits per heavy atom. The monoisotopic (exact) mass is 245 g/mol. The van der Waals surface area contributed by atoms with Crippen molar-refractivity contribution < 1.29 is 9.84 Å². The topological polar surface area (TPSA) is 55.5 Å². The Hall–Kier alpha value is -0.120. The molecule has 3 N–H and O–H groups in total. The van der Waals surface area contributed by atoms with Crippen LogP contribution in [-0.4, -0.2) is 29.5 Å². The molecule has 0 spiro atoms. The number of unbranched alkanes of at least 4 members (excludes halogenated alkanes) is 3. The van der Waals surface area contributed by atoms with Gasteiger partial charge in [-0.05, 0) is 33.6 Å². The SMILES string of the molecule is CCCCCCC(C)OC(C)CC(C)(N)CO. The van der Waals surface area contributed by atoms with Crippen LogP contribution in [0.5, 0.6) is 0 Å². The van der Waals surface area contributed by atoms with Crippen molar-refractivity contribution in [2.45, 2.75) is 84.0 Å². The first-order valence-electron chi connectivity index (χ1n) is 6.96. The van der Waals surface area contributed by atoms with E-state index in [1.54, 1.807) is 0 Å². The van der Waals surface area contributed by atoms with Crippen LogP contribution in [0.3, 0.4) is 0 Å². The molecule has 0 aliphatic heterocycles.